The second kappa shape index (κ2) is 6.84. The van der Waals surface area contributed by atoms with Crippen molar-refractivity contribution in [3.8, 4) is 0 Å². The highest BCUT2D eigenvalue weighted by molar-refractivity contribution is 5.71. The lowest BCUT2D eigenvalue weighted by atomic mass is 9.98. The number of nitrogens with one attached hydrogen (secondary N) is 1. The van der Waals surface area contributed by atoms with Crippen molar-refractivity contribution in [3.63, 3.8) is 0 Å². The number of hydrogen-bond acceptors (Lipinski definition) is 1. The summed E-state index contributed by atoms with van der Waals surface area (Å²) in [6.45, 7) is 6.86. The molecule has 0 spiro atoms. The minimum Gasteiger partial charge on any atom is -0.352 e. The number of amides is 2. The molecular formula is C15H22N2O. The molecule has 3 heteroatoms. The quantitative estimate of drug-likeness (QED) is 0.824. The Kier molecular flexibility index (Phi) is 5.43. The predicted molar refractivity (Wildman–Crippen MR) is 76.2 cm³/mol. The molecule has 2 amide bonds. The molecule has 0 unspecified atom stereocenters. The van der Waals surface area contributed by atoms with Gasteiger partial charge in [0.05, 0.1) is 0 Å². The molecule has 18 heavy (non-hydrogen) atoms. The van der Waals surface area contributed by atoms with Crippen molar-refractivity contribution >= 4 is 11.6 Å². The highest BCUT2D eigenvalue weighted by atomic mass is 16.2. The van der Waals surface area contributed by atoms with E-state index < -0.39 is 6.03 Å². The van der Waals surface area contributed by atoms with Crippen LogP contribution in [0.15, 0.2) is 30.3 Å². The molecule has 0 aliphatic rings. The zero-order chi connectivity index (χ0) is 13.5. The van der Waals surface area contributed by atoms with Crippen LogP contribution in [0.4, 0.5) is 4.79 Å². The highest BCUT2D eigenvalue weighted by Gasteiger charge is 2.05. The second-order valence-corrected chi connectivity index (χ2v) is 4.72. The molecule has 0 heterocycles. The van der Waals surface area contributed by atoms with Crippen molar-refractivity contribution in [1.29, 1.82) is 0 Å². The molecule has 1 rings (SSSR count). The monoisotopic (exact) mass is 246 g/mol. The predicted octanol–water partition coefficient (Wildman–Crippen LogP) is 2.96. The van der Waals surface area contributed by atoms with E-state index in [0.717, 1.165) is 6.42 Å². The Morgan fingerprint density at radius 3 is 2.50 bits per heavy atom. The van der Waals surface area contributed by atoms with Gasteiger partial charge >= 0.3 is 6.03 Å². The van der Waals surface area contributed by atoms with Crippen LogP contribution in [0.5, 0.6) is 0 Å². The number of carbonyl (C=O) groups excluding carboxylic acids is 1. The number of urea groups is 1. The first-order valence-corrected chi connectivity index (χ1v) is 6.28. The van der Waals surface area contributed by atoms with Gasteiger partial charge in [-0.05, 0) is 42.9 Å². The fourth-order valence-corrected chi connectivity index (χ4v) is 1.82. The van der Waals surface area contributed by atoms with Crippen molar-refractivity contribution < 1.29 is 4.79 Å². The Labute approximate surface area is 109 Å². The summed E-state index contributed by atoms with van der Waals surface area (Å²) in [5.41, 5.74) is 8.86. The minimum atomic E-state index is -0.457. The fourth-order valence-electron chi connectivity index (χ4n) is 1.82. The zero-order valence-corrected chi connectivity index (χ0v) is 11.4. The summed E-state index contributed by atoms with van der Waals surface area (Å²) in [4.78, 5) is 10.6. The van der Waals surface area contributed by atoms with E-state index in [0.29, 0.717) is 12.5 Å². The van der Waals surface area contributed by atoms with Gasteiger partial charge in [-0.2, -0.15) is 0 Å². The molecule has 0 aliphatic carbocycles. The van der Waals surface area contributed by atoms with Crippen LogP contribution in [-0.2, 0) is 6.42 Å². The molecule has 1 aromatic carbocycles. The van der Waals surface area contributed by atoms with Crippen molar-refractivity contribution in [1.82, 2.24) is 5.32 Å². The first-order chi connectivity index (χ1) is 8.52. The standard InChI is InChI=1S/C15H22N2O/c1-4-12(3)14-7-5-13(6-8-14)9-11(2)10-17-15(16)18/h4-8,11H,9-10H2,1-3H3,(H3,16,17,18)/b12-4+/t11-/m0/s1. The number of hydrogen-bond donors (Lipinski definition) is 2. The molecule has 98 valence electrons. The SMILES string of the molecule is C/C=C(\C)c1ccc(C[C@H](C)CNC(N)=O)cc1. The van der Waals surface area contributed by atoms with Crippen LogP contribution in [0.2, 0.25) is 0 Å². The van der Waals surface area contributed by atoms with Gasteiger partial charge in [0.2, 0.25) is 0 Å². The van der Waals surface area contributed by atoms with Gasteiger partial charge in [0.25, 0.3) is 0 Å². The summed E-state index contributed by atoms with van der Waals surface area (Å²) in [6.07, 6.45) is 3.05. The third-order valence-corrected chi connectivity index (χ3v) is 3.05. The van der Waals surface area contributed by atoms with Gasteiger partial charge in [0.1, 0.15) is 0 Å². The lowest BCUT2D eigenvalue weighted by Gasteiger charge is -2.12. The van der Waals surface area contributed by atoms with E-state index in [-0.39, 0.29) is 0 Å². The van der Waals surface area contributed by atoms with Gasteiger partial charge in [0.15, 0.2) is 0 Å². The normalized spacial score (nSPS) is 13.2. The van der Waals surface area contributed by atoms with Crippen LogP contribution < -0.4 is 11.1 Å². The third-order valence-electron chi connectivity index (χ3n) is 3.05. The van der Waals surface area contributed by atoms with Gasteiger partial charge in [-0.25, -0.2) is 4.79 Å². The van der Waals surface area contributed by atoms with Crippen molar-refractivity contribution in [2.75, 3.05) is 6.54 Å². The van der Waals surface area contributed by atoms with Crippen LogP contribution >= 0.6 is 0 Å². The highest BCUT2D eigenvalue weighted by Crippen LogP contribution is 2.16. The van der Waals surface area contributed by atoms with E-state index in [4.69, 9.17) is 5.73 Å². The second-order valence-electron chi connectivity index (χ2n) is 4.72. The van der Waals surface area contributed by atoms with Crippen LogP contribution in [0.1, 0.15) is 31.9 Å². The van der Waals surface area contributed by atoms with Crippen molar-refractivity contribution in [3.05, 3.63) is 41.5 Å². The van der Waals surface area contributed by atoms with Crippen LogP contribution in [0.25, 0.3) is 5.57 Å². The molecule has 0 radical (unpaired) electrons. The maximum absolute atomic E-state index is 10.6. The summed E-state index contributed by atoms with van der Waals surface area (Å²) < 4.78 is 0. The summed E-state index contributed by atoms with van der Waals surface area (Å²) in [5, 5.41) is 2.63. The largest absolute Gasteiger partial charge is 0.352 e. The lowest BCUT2D eigenvalue weighted by molar-refractivity contribution is 0.247. The van der Waals surface area contributed by atoms with E-state index in [1.807, 2.05) is 6.92 Å². The third kappa shape index (κ3) is 4.62. The van der Waals surface area contributed by atoms with Crippen LogP contribution in [0, 0.1) is 5.92 Å². The topological polar surface area (TPSA) is 55.1 Å². The Morgan fingerprint density at radius 2 is 2.00 bits per heavy atom. The molecular weight excluding hydrogens is 224 g/mol. The Morgan fingerprint density at radius 1 is 1.39 bits per heavy atom. The molecule has 3 nitrogen and oxygen atoms in total. The zero-order valence-electron chi connectivity index (χ0n) is 11.4. The molecule has 0 saturated heterocycles. The number of allylic oxidation sites excluding steroid dienone is 2. The minimum absolute atomic E-state index is 0.381. The van der Waals surface area contributed by atoms with E-state index >= 15 is 0 Å². The Hall–Kier alpha value is -1.77. The van der Waals surface area contributed by atoms with E-state index in [1.165, 1.54) is 16.7 Å². The summed E-state index contributed by atoms with van der Waals surface area (Å²) >= 11 is 0. The van der Waals surface area contributed by atoms with E-state index in [2.05, 4.69) is 49.5 Å². The molecule has 0 bridgehead atoms. The molecule has 1 aromatic rings. The van der Waals surface area contributed by atoms with Crippen LogP contribution in [0.3, 0.4) is 0 Å². The summed E-state index contributed by atoms with van der Waals surface area (Å²) in [5.74, 6) is 0.381. The summed E-state index contributed by atoms with van der Waals surface area (Å²) in [6, 6.07) is 8.10. The number of primary amides is 1. The number of nitrogens with two attached hydrogens (primary N) is 1. The van der Waals surface area contributed by atoms with Gasteiger partial charge < -0.3 is 11.1 Å². The van der Waals surface area contributed by atoms with Gasteiger partial charge in [-0.3, -0.25) is 0 Å². The molecule has 0 fully saturated rings. The molecule has 0 saturated carbocycles. The molecule has 0 aliphatic heterocycles. The number of rotatable bonds is 5. The average Bonchev–Trinajstić information content (AvgIpc) is 2.36. The number of carbonyl (C=O) groups is 1. The maximum atomic E-state index is 10.6. The van der Waals surface area contributed by atoms with Gasteiger partial charge in [0, 0.05) is 6.54 Å². The summed E-state index contributed by atoms with van der Waals surface area (Å²) in [7, 11) is 0. The molecule has 1 atom stereocenters. The number of benzene rings is 1. The molecule has 0 aromatic heterocycles. The van der Waals surface area contributed by atoms with Crippen LogP contribution in [-0.4, -0.2) is 12.6 Å². The average molecular weight is 246 g/mol. The maximum Gasteiger partial charge on any atom is 0.312 e. The van der Waals surface area contributed by atoms with E-state index in [9.17, 15) is 4.79 Å². The van der Waals surface area contributed by atoms with Gasteiger partial charge in [-0.15, -0.1) is 0 Å². The smallest absolute Gasteiger partial charge is 0.312 e. The van der Waals surface area contributed by atoms with Gasteiger partial charge in [-0.1, -0.05) is 37.3 Å². The Bertz CT molecular complexity index is 421. The van der Waals surface area contributed by atoms with Crippen molar-refractivity contribution in [2.45, 2.75) is 27.2 Å². The van der Waals surface area contributed by atoms with Crippen molar-refractivity contribution in [2.24, 2.45) is 11.7 Å². The first-order valence-electron chi connectivity index (χ1n) is 6.28. The van der Waals surface area contributed by atoms with E-state index in [1.54, 1.807) is 0 Å². The fraction of sp³-hybridized carbons (Fsp3) is 0.400. The first kappa shape index (κ1) is 14.3. The lowest BCUT2D eigenvalue weighted by Crippen LogP contribution is -2.33. The molecule has 3 N–H and O–H groups in total. The Balaban J connectivity index is 2.55.